The molecule has 0 unspecified atom stereocenters. The molecule has 0 saturated carbocycles. The van der Waals surface area contributed by atoms with Crippen molar-refractivity contribution in [3.05, 3.63) is 12.3 Å². The third-order valence-corrected chi connectivity index (χ3v) is 0.858. The summed E-state index contributed by atoms with van der Waals surface area (Å²) in [7, 11) is 0. The van der Waals surface area contributed by atoms with Crippen LogP contribution in [-0.2, 0) is 0 Å². The molecule has 0 aromatic carbocycles. The summed E-state index contributed by atoms with van der Waals surface area (Å²) in [5.74, 6) is 0. The van der Waals surface area contributed by atoms with Gasteiger partial charge in [0.1, 0.15) is 6.20 Å². The minimum atomic E-state index is 0.546. The van der Waals surface area contributed by atoms with Crippen LogP contribution in [0.4, 0.5) is 0 Å². The molecule has 0 bridgehead atoms. The number of hydrogen-bond acceptors (Lipinski definition) is 5. The Morgan fingerprint density at radius 2 is 2.44 bits per heavy atom. The predicted octanol–water partition coefficient (Wildman–Crippen LogP) is -1.29. The van der Waals surface area contributed by atoms with Crippen LogP contribution in [0.3, 0.4) is 0 Å². The Hall–Kier alpha value is -1.59. The minimum Gasteiger partial charge on any atom is -0.128 e. The van der Waals surface area contributed by atoms with E-state index in [4.69, 9.17) is 0 Å². The summed E-state index contributed by atoms with van der Waals surface area (Å²) in [5, 5.41) is 17.4. The third kappa shape index (κ3) is 0.525. The van der Waals surface area contributed by atoms with Crippen LogP contribution in [0.15, 0.2) is 6.07 Å². The van der Waals surface area contributed by atoms with Gasteiger partial charge in [-0.25, -0.2) is 0 Å². The van der Waals surface area contributed by atoms with Gasteiger partial charge >= 0.3 is 0 Å². The fraction of sp³-hybridized carbons (Fsp3) is 0. The Labute approximate surface area is 49.5 Å². The quantitative estimate of drug-likeness (QED) is 0.434. The summed E-state index contributed by atoms with van der Waals surface area (Å²) in [6.45, 7) is 0. The van der Waals surface area contributed by atoms with Gasteiger partial charge in [-0.1, -0.05) is 4.63 Å². The molecule has 0 atom stereocenters. The molecule has 6 heteroatoms. The number of tetrazole rings is 1. The van der Waals surface area contributed by atoms with Crippen LogP contribution in [0.5, 0.6) is 0 Å². The van der Waals surface area contributed by atoms with Crippen molar-refractivity contribution in [1.82, 2.24) is 30.5 Å². The zero-order valence-corrected chi connectivity index (χ0v) is 4.26. The molecule has 9 heavy (non-hydrogen) atoms. The van der Waals surface area contributed by atoms with Crippen LogP contribution >= 0.6 is 0 Å². The molecule has 0 N–H and O–H groups in total. The molecule has 6 nitrogen and oxygen atoms in total. The second kappa shape index (κ2) is 1.44. The summed E-state index contributed by atoms with van der Waals surface area (Å²) >= 11 is 0. The third-order valence-electron chi connectivity index (χ3n) is 0.858. The first-order valence-electron chi connectivity index (χ1n) is 2.25. The average molecular weight is 121 g/mol. The van der Waals surface area contributed by atoms with Gasteiger partial charge in [-0.05, 0) is 15.6 Å². The van der Waals surface area contributed by atoms with Gasteiger partial charge in [-0.3, -0.25) is 0 Å². The first-order valence-corrected chi connectivity index (χ1v) is 2.25. The summed E-state index contributed by atoms with van der Waals surface area (Å²) in [5.41, 5.74) is 0.546. The molecule has 0 aliphatic carbocycles. The predicted molar refractivity (Wildman–Crippen MR) is 25.2 cm³/mol. The van der Waals surface area contributed by atoms with Crippen molar-refractivity contribution in [1.29, 1.82) is 0 Å². The lowest BCUT2D eigenvalue weighted by atomic mass is 10.7. The SMILES string of the molecule is [c]1cc2nnnn2nn1. The maximum absolute atomic E-state index is 3.59. The van der Waals surface area contributed by atoms with Gasteiger partial charge in [0.25, 0.3) is 0 Å². The van der Waals surface area contributed by atoms with Crippen molar-refractivity contribution in [3.8, 4) is 0 Å². The Morgan fingerprint density at radius 1 is 1.44 bits per heavy atom. The highest BCUT2D eigenvalue weighted by atomic mass is 15.6. The summed E-state index contributed by atoms with van der Waals surface area (Å²) in [6.07, 6.45) is 2.50. The van der Waals surface area contributed by atoms with Crippen molar-refractivity contribution in [2.24, 2.45) is 0 Å². The fourth-order valence-electron chi connectivity index (χ4n) is 0.495. The van der Waals surface area contributed by atoms with Gasteiger partial charge in [0.15, 0.2) is 0 Å². The van der Waals surface area contributed by atoms with Crippen LogP contribution in [0, 0.1) is 6.20 Å². The van der Waals surface area contributed by atoms with E-state index in [9.17, 15) is 0 Å². The van der Waals surface area contributed by atoms with Crippen molar-refractivity contribution < 1.29 is 0 Å². The maximum atomic E-state index is 3.59. The summed E-state index contributed by atoms with van der Waals surface area (Å²) < 4.78 is 1.22. The Bertz CT molecular complexity index is 282. The molecule has 0 spiro atoms. The monoisotopic (exact) mass is 121 g/mol. The van der Waals surface area contributed by atoms with E-state index in [0.29, 0.717) is 5.65 Å². The van der Waals surface area contributed by atoms with E-state index in [0.717, 1.165) is 0 Å². The van der Waals surface area contributed by atoms with Gasteiger partial charge < -0.3 is 0 Å². The second-order valence-corrected chi connectivity index (χ2v) is 1.39. The highest BCUT2D eigenvalue weighted by molar-refractivity contribution is 5.28. The van der Waals surface area contributed by atoms with Crippen molar-refractivity contribution >= 4 is 5.65 Å². The lowest BCUT2D eigenvalue weighted by Gasteiger charge is -1.78. The smallest absolute Gasteiger partial charge is 0.128 e. The van der Waals surface area contributed by atoms with Gasteiger partial charge in [-0.15, -0.1) is 10.2 Å². The van der Waals surface area contributed by atoms with E-state index >= 15 is 0 Å². The van der Waals surface area contributed by atoms with E-state index in [1.807, 2.05) is 0 Å². The molecule has 0 amide bonds. The molecule has 0 fully saturated rings. The molecule has 43 valence electrons. The summed E-state index contributed by atoms with van der Waals surface area (Å²) in [6, 6.07) is 1.55. The molecule has 2 aromatic rings. The molecule has 0 aliphatic rings. The highest BCUT2D eigenvalue weighted by Gasteiger charge is 1.92. The Morgan fingerprint density at radius 3 is 3.33 bits per heavy atom. The van der Waals surface area contributed by atoms with Crippen molar-refractivity contribution in [3.63, 3.8) is 0 Å². The van der Waals surface area contributed by atoms with E-state index in [1.165, 1.54) is 4.63 Å². The number of nitrogens with zero attached hydrogens (tertiary/aromatic N) is 6. The standard InChI is InChI=1S/C3HN6/c1-2-4-7-9-3(1)5-6-8-9/h1H. The minimum absolute atomic E-state index is 0.546. The Kier molecular flexibility index (Phi) is 0.689. The molecule has 2 heterocycles. The highest BCUT2D eigenvalue weighted by Crippen LogP contribution is 1.84. The lowest BCUT2D eigenvalue weighted by Crippen LogP contribution is -1.94. The number of hydrogen-bond donors (Lipinski definition) is 0. The van der Waals surface area contributed by atoms with Crippen molar-refractivity contribution in [2.75, 3.05) is 0 Å². The van der Waals surface area contributed by atoms with Crippen molar-refractivity contribution in [2.45, 2.75) is 0 Å². The van der Waals surface area contributed by atoms with E-state index in [1.54, 1.807) is 6.07 Å². The van der Waals surface area contributed by atoms with Crippen LogP contribution in [-0.4, -0.2) is 30.5 Å². The summed E-state index contributed by atoms with van der Waals surface area (Å²) in [4.78, 5) is 0. The molecule has 0 saturated heterocycles. The number of rotatable bonds is 0. The number of fused-ring (bicyclic) bond motifs is 1. The largest absolute Gasteiger partial charge is 0.203 e. The molecule has 0 aliphatic heterocycles. The fourth-order valence-corrected chi connectivity index (χ4v) is 0.495. The molecule has 1 radical (unpaired) electrons. The normalized spacial score (nSPS) is 10.2. The molecule has 2 rings (SSSR count). The Balaban J connectivity index is 2.95. The lowest BCUT2D eigenvalue weighted by molar-refractivity contribution is 0.676. The van der Waals surface area contributed by atoms with E-state index in [-0.39, 0.29) is 0 Å². The van der Waals surface area contributed by atoms with Crippen LogP contribution in [0.1, 0.15) is 0 Å². The topological polar surface area (TPSA) is 68.9 Å². The van der Waals surface area contributed by atoms with Crippen LogP contribution in [0.2, 0.25) is 0 Å². The average Bonchev–Trinajstić information content (AvgIpc) is 2.33. The zero-order valence-electron chi connectivity index (χ0n) is 4.26. The molecular formula is C3HN6. The van der Waals surface area contributed by atoms with Gasteiger partial charge in [-0.2, -0.15) is 0 Å². The number of aromatic nitrogens is 6. The molecular weight excluding hydrogens is 120 g/mol. The first kappa shape index (κ1) is 4.30. The van der Waals surface area contributed by atoms with Gasteiger partial charge in [0.2, 0.25) is 5.65 Å². The second-order valence-electron chi connectivity index (χ2n) is 1.39. The molecule has 2 aromatic heterocycles. The van der Waals surface area contributed by atoms with E-state index < -0.39 is 0 Å². The van der Waals surface area contributed by atoms with Gasteiger partial charge in [0.05, 0.1) is 0 Å². The van der Waals surface area contributed by atoms with E-state index in [2.05, 4.69) is 32.0 Å². The zero-order chi connectivity index (χ0) is 6.10. The first-order chi connectivity index (χ1) is 4.47. The van der Waals surface area contributed by atoms with Crippen LogP contribution in [0.25, 0.3) is 5.65 Å². The van der Waals surface area contributed by atoms with Crippen LogP contribution < -0.4 is 0 Å². The maximum Gasteiger partial charge on any atom is 0.203 e. The van der Waals surface area contributed by atoms with Gasteiger partial charge in [0, 0.05) is 6.07 Å².